The highest BCUT2D eigenvalue weighted by molar-refractivity contribution is 6.02. The predicted octanol–water partition coefficient (Wildman–Crippen LogP) is 1.59. The smallest absolute Gasteiger partial charge is 0.359 e. The van der Waals surface area contributed by atoms with E-state index in [4.69, 9.17) is 4.74 Å². The third kappa shape index (κ3) is 2.79. The Bertz CT molecular complexity index is 633. The van der Waals surface area contributed by atoms with E-state index in [0.29, 0.717) is 5.39 Å². The maximum absolute atomic E-state index is 11.9. The highest BCUT2D eigenvalue weighted by Gasteiger charge is 2.18. The topological polar surface area (TPSA) is 75.3 Å². The van der Waals surface area contributed by atoms with E-state index in [1.807, 2.05) is 32.0 Å². The van der Waals surface area contributed by atoms with Crippen LogP contribution in [0.1, 0.15) is 24.3 Å². The minimum atomic E-state index is -0.604. The number of esters is 1. The summed E-state index contributed by atoms with van der Waals surface area (Å²) in [4.78, 5) is 25.2. The predicted molar refractivity (Wildman–Crippen MR) is 74.3 cm³/mol. The largest absolute Gasteiger partial charge is 0.451 e. The summed E-state index contributed by atoms with van der Waals surface area (Å²) in [6.45, 7) is 3.50. The first kappa shape index (κ1) is 14.0. The van der Waals surface area contributed by atoms with Gasteiger partial charge in [-0.05, 0) is 19.9 Å². The summed E-state index contributed by atoms with van der Waals surface area (Å²) in [7, 11) is 1.67. The van der Waals surface area contributed by atoms with E-state index in [9.17, 15) is 9.59 Å². The first-order valence-electron chi connectivity index (χ1n) is 6.36. The third-order valence-electron chi connectivity index (χ3n) is 3.16. The molecule has 0 saturated carbocycles. The molecule has 0 unspecified atom stereocenters. The average molecular weight is 275 g/mol. The standard InChI is InChI=1S/C14H17N3O3/c1-9(2)17(3)12(18)8-20-14(19)13-10-6-4-5-7-11(10)15-16-13/h4-7,9H,8H2,1-3H3,(H,15,16). The third-order valence-corrected chi connectivity index (χ3v) is 3.16. The maximum Gasteiger partial charge on any atom is 0.359 e. The molecule has 0 aliphatic carbocycles. The number of likely N-dealkylation sites (N-methyl/N-ethyl adjacent to an activating group) is 1. The first-order valence-corrected chi connectivity index (χ1v) is 6.36. The summed E-state index contributed by atoms with van der Waals surface area (Å²) < 4.78 is 5.01. The van der Waals surface area contributed by atoms with Gasteiger partial charge >= 0.3 is 5.97 Å². The molecule has 0 spiro atoms. The van der Waals surface area contributed by atoms with E-state index in [1.54, 1.807) is 13.1 Å². The zero-order chi connectivity index (χ0) is 14.7. The number of hydrogen-bond donors (Lipinski definition) is 1. The fourth-order valence-electron chi connectivity index (χ4n) is 1.70. The van der Waals surface area contributed by atoms with Crippen LogP contribution in [0.3, 0.4) is 0 Å². The second-order valence-corrected chi connectivity index (χ2v) is 4.79. The Balaban J connectivity index is 2.04. The number of nitrogens with one attached hydrogen (secondary N) is 1. The zero-order valence-corrected chi connectivity index (χ0v) is 11.7. The van der Waals surface area contributed by atoms with Crippen molar-refractivity contribution in [2.75, 3.05) is 13.7 Å². The lowest BCUT2D eigenvalue weighted by molar-refractivity contribution is -0.134. The minimum absolute atomic E-state index is 0.0624. The van der Waals surface area contributed by atoms with Crippen molar-refractivity contribution in [3.8, 4) is 0 Å². The number of rotatable bonds is 4. The van der Waals surface area contributed by atoms with Crippen molar-refractivity contribution >= 4 is 22.8 Å². The monoisotopic (exact) mass is 275 g/mol. The average Bonchev–Trinajstić information content (AvgIpc) is 2.87. The lowest BCUT2D eigenvalue weighted by Gasteiger charge is -2.20. The van der Waals surface area contributed by atoms with E-state index in [-0.39, 0.29) is 24.2 Å². The van der Waals surface area contributed by atoms with Gasteiger partial charge in [0.2, 0.25) is 0 Å². The minimum Gasteiger partial charge on any atom is -0.451 e. The number of amides is 1. The van der Waals surface area contributed by atoms with Crippen LogP contribution >= 0.6 is 0 Å². The molecule has 0 aliphatic rings. The van der Waals surface area contributed by atoms with Crippen LogP contribution in [0.4, 0.5) is 0 Å². The number of aromatic amines is 1. The van der Waals surface area contributed by atoms with Gasteiger partial charge in [-0.25, -0.2) is 4.79 Å². The van der Waals surface area contributed by atoms with Crippen molar-refractivity contribution in [2.24, 2.45) is 0 Å². The number of nitrogens with zero attached hydrogens (tertiary/aromatic N) is 2. The fraction of sp³-hybridized carbons (Fsp3) is 0.357. The second kappa shape index (κ2) is 5.73. The van der Waals surface area contributed by atoms with Crippen molar-refractivity contribution in [1.29, 1.82) is 0 Å². The molecule has 1 aromatic carbocycles. The SMILES string of the molecule is CC(C)N(C)C(=O)COC(=O)c1n[nH]c2ccccc12. The van der Waals surface area contributed by atoms with Crippen molar-refractivity contribution in [1.82, 2.24) is 15.1 Å². The number of carbonyl (C=O) groups is 2. The molecule has 1 aromatic heterocycles. The van der Waals surface area contributed by atoms with Crippen molar-refractivity contribution in [3.63, 3.8) is 0 Å². The highest BCUT2D eigenvalue weighted by atomic mass is 16.5. The highest BCUT2D eigenvalue weighted by Crippen LogP contribution is 2.15. The number of fused-ring (bicyclic) bond motifs is 1. The van der Waals surface area contributed by atoms with Gasteiger partial charge in [-0.1, -0.05) is 18.2 Å². The van der Waals surface area contributed by atoms with Gasteiger partial charge in [0.15, 0.2) is 12.3 Å². The van der Waals surface area contributed by atoms with Gasteiger partial charge in [0, 0.05) is 18.5 Å². The summed E-state index contributed by atoms with van der Waals surface area (Å²) in [6.07, 6.45) is 0. The molecule has 0 saturated heterocycles. The number of para-hydroxylation sites is 1. The summed E-state index contributed by atoms with van der Waals surface area (Å²) in [5.41, 5.74) is 0.950. The van der Waals surface area contributed by atoms with Crippen LogP contribution in [0.15, 0.2) is 24.3 Å². The molecule has 2 aromatic rings. The number of hydrogen-bond acceptors (Lipinski definition) is 4. The van der Waals surface area contributed by atoms with Crippen LogP contribution in [0.25, 0.3) is 10.9 Å². The molecule has 106 valence electrons. The molecular formula is C14H17N3O3. The molecule has 0 fully saturated rings. The molecule has 1 amide bonds. The molecule has 6 nitrogen and oxygen atoms in total. The summed E-state index contributed by atoms with van der Waals surface area (Å²) in [6, 6.07) is 7.31. The molecule has 0 bridgehead atoms. The lowest BCUT2D eigenvalue weighted by atomic mass is 10.2. The van der Waals surface area contributed by atoms with Crippen LogP contribution < -0.4 is 0 Å². The Morgan fingerprint density at radius 2 is 2.05 bits per heavy atom. The van der Waals surface area contributed by atoms with Crippen LogP contribution in [0.5, 0.6) is 0 Å². The van der Waals surface area contributed by atoms with Gasteiger partial charge in [0.1, 0.15) is 0 Å². The Morgan fingerprint density at radius 1 is 1.35 bits per heavy atom. The van der Waals surface area contributed by atoms with Crippen LogP contribution in [-0.4, -0.2) is 46.7 Å². The zero-order valence-electron chi connectivity index (χ0n) is 11.7. The molecule has 0 atom stereocenters. The van der Waals surface area contributed by atoms with Crippen molar-refractivity contribution in [3.05, 3.63) is 30.0 Å². The van der Waals surface area contributed by atoms with E-state index in [2.05, 4.69) is 10.2 Å². The molecule has 20 heavy (non-hydrogen) atoms. The Labute approximate surface area is 116 Å². The van der Waals surface area contributed by atoms with Crippen LogP contribution in [0, 0.1) is 0 Å². The summed E-state index contributed by atoms with van der Waals surface area (Å²) >= 11 is 0. The Morgan fingerprint density at radius 3 is 2.75 bits per heavy atom. The first-order chi connectivity index (χ1) is 9.50. The van der Waals surface area contributed by atoms with Crippen LogP contribution in [0.2, 0.25) is 0 Å². The van der Waals surface area contributed by atoms with Gasteiger partial charge in [-0.2, -0.15) is 5.10 Å². The molecule has 2 rings (SSSR count). The van der Waals surface area contributed by atoms with E-state index in [0.717, 1.165) is 5.52 Å². The Hall–Kier alpha value is -2.37. The molecule has 0 aliphatic heterocycles. The van der Waals surface area contributed by atoms with Gasteiger partial charge in [0.05, 0.1) is 5.52 Å². The number of benzene rings is 1. The van der Waals surface area contributed by atoms with Gasteiger partial charge < -0.3 is 9.64 Å². The number of carbonyl (C=O) groups excluding carboxylic acids is 2. The van der Waals surface area contributed by atoms with Gasteiger partial charge in [-0.3, -0.25) is 9.89 Å². The molecule has 6 heteroatoms. The summed E-state index contributed by atoms with van der Waals surface area (Å²) in [5.74, 6) is -0.846. The number of H-pyrrole nitrogens is 1. The molecule has 1 heterocycles. The van der Waals surface area contributed by atoms with E-state index >= 15 is 0 Å². The van der Waals surface area contributed by atoms with E-state index in [1.165, 1.54) is 4.90 Å². The van der Waals surface area contributed by atoms with E-state index < -0.39 is 5.97 Å². The van der Waals surface area contributed by atoms with Gasteiger partial charge in [0.25, 0.3) is 5.91 Å². The second-order valence-electron chi connectivity index (χ2n) is 4.79. The number of ether oxygens (including phenoxy) is 1. The van der Waals surface area contributed by atoms with Crippen LogP contribution in [-0.2, 0) is 9.53 Å². The van der Waals surface area contributed by atoms with Crippen molar-refractivity contribution < 1.29 is 14.3 Å². The molecule has 0 radical (unpaired) electrons. The lowest BCUT2D eigenvalue weighted by Crippen LogP contribution is -2.36. The molecule has 1 N–H and O–H groups in total. The molecular weight excluding hydrogens is 258 g/mol. The van der Waals surface area contributed by atoms with Crippen molar-refractivity contribution in [2.45, 2.75) is 19.9 Å². The maximum atomic E-state index is 11.9. The quantitative estimate of drug-likeness (QED) is 0.860. The summed E-state index contributed by atoms with van der Waals surface area (Å²) in [5, 5.41) is 7.36. The Kier molecular flexibility index (Phi) is 4.02. The van der Waals surface area contributed by atoms with Gasteiger partial charge in [-0.15, -0.1) is 0 Å². The fourth-order valence-corrected chi connectivity index (χ4v) is 1.70. The normalized spacial score (nSPS) is 10.8. The number of aromatic nitrogens is 2.